The van der Waals surface area contributed by atoms with Crippen molar-refractivity contribution < 1.29 is 23.4 Å². The first kappa shape index (κ1) is 13.7. The summed E-state index contributed by atoms with van der Waals surface area (Å²) >= 11 is 0. The van der Waals surface area contributed by atoms with Crippen LogP contribution in [0.3, 0.4) is 0 Å². The molecule has 5 nitrogen and oxygen atoms in total. The number of aliphatic hydroxyl groups is 1. The molecule has 2 N–H and O–H groups in total. The Balaban J connectivity index is 2.99. The lowest BCUT2D eigenvalue weighted by molar-refractivity contribution is 0.0696. The molecular weight excluding hydrogens is 244 g/mol. The molecule has 0 amide bonds. The van der Waals surface area contributed by atoms with E-state index in [0.29, 0.717) is 0 Å². The van der Waals surface area contributed by atoms with Gasteiger partial charge in [0, 0.05) is 0 Å². The average Bonchev–Trinajstić information content (AvgIpc) is 2.27. The Morgan fingerprint density at radius 2 is 2.06 bits per heavy atom. The summed E-state index contributed by atoms with van der Waals surface area (Å²) in [7, 11) is -3.53. The minimum atomic E-state index is -3.53. The van der Waals surface area contributed by atoms with Gasteiger partial charge < -0.3 is 10.2 Å². The van der Waals surface area contributed by atoms with Crippen LogP contribution in [0.1, 0.15) is 23.7 Å². The molecule has 0 aromatic heterocycles. The van der Waals surface area contributed by atoms with Crippen molar-refractivity contribution in [3.63, 3.8) is 0 Å². The molecule has 1 aromatic carbocycles. The van der Waals surface area contributed by atoms with Gasteiger partial charge in [0.25, 0.3) is 0 Å². The molecule has 1 rings (SSSR count). The second-order valence-electron chi connectivity index (χ2n) is 3.79. The summed E-state index contributed by atoms with van der Waals surface area (Å²) in [4.78, 5) is 10.7. The van der Waals surface area contributed by atoms with Crippen LogP contribution in [0.4, 0.5) is 0 Å². The standard InChI is InChI=1S/C11H14O5S/c1-8(12)5-6-17(15,16)10-4-2-3-9(7-10)11(13)14/h2-4,7-8,12H,5-6H2,1H3,(H,13,14). The number of benzene rings is 1. The van der Waals surface area contributed by atoms with Crippen molar-refractivity contribution >= 4 is 15.8 Å². The first-order valence-electron chi connectivity index (χ1n) is 5.07. The van der Waals surface area contributed by atoms with Crippen molar-refractivity contribution in [3.8, 4) is 0 Å². The number of carboxylic acids is 1. The third kappa shape index (κ3) is 3.83. The highest BCUT2D eigenvalue weighted by atomic mass is 32.2. The predicted octanol–water partition coefficient (Wildman–Crippen LogP) is 0.929. The zero-order valence-electron chi connectivity index (χ0n) is 9.33. The molecule has 1 aromatic rings. The summed E-state index contributed by atoms with van der Waals surface area (Å²) < 4.78 is 23.6. The van der Waals surface area contributed by atoms with E-state index < -0.39 is 21.9 Å². The molecule has 0 saturated carbocycles. The van der Waals surface area contributed by atoms with Gasteiger partial charge in [0.05, 0.1) is 22.3 Å². The monoisotopic (exact) mass is 258 g/mol. The number of hydrogen-bond acceptors (Lipinski definition) is 4. The van der Waals surface area contributed by atoms with E-state index >= 15 is 0 Å². The lowest BCUT2D eigenvalue weighted by Gasteiger charge is -2.06. The number of aromatic carboxylic acids is 1. The highest BCUT2D eigenvalue weighted by molar-refractivity contribution is 7.91. The molecule has 17 heavy (non-hydrogen) atoms. The molecule has 0 aliphatic heterocycles. The summed E-state index contributed by atoms with van der Waals surface area (Å²) in [5, 5.41) is 17.8. The third-order valence-electron chi connectivity index (χ3n) is 2.24. The van der Waals surface area contributed by atoms with Crippen LogP contribution in [0.5, 0.6) is 0 Å². The van der Waals surface area contributed by atoms with Crippen molar-refractivity contribution in [2.24, 2.45) is 0 Å². The minimum absolute atomic E-state index is 0.0296. The fourth-order valence-corrected chi connectivity index (χ4v) is 2.75. The molecule has 0 aliphatic rings. The van der Waals surface area contributed by atoms with Gasteiger partial charge in [0.1, 0.15) is 0 Å². The Morgan fingerprint density at radius 3 is 2.59 bits per heavy atom. The van der Waals surface area contributed by atoms with Crippen molar-refractivity contribution in [3.05, 3.63) is 29.8 Å². The summed E-state index contributed by atoms with van der Waals surface area (Å²) in [5.41, 5.74) is -0.0666. The lowest BCUT2D eigenvalue weighted by atomic mass is 10.2. The van der Waals surface area contributed by atoms with Crippen LogP contribution in [0.2, 0.25) is 0 Å². The summed E-state index contributed by atoms with van der Waals surface area (Å²) in [6, 6.07) is 5.19. The molecule has 0 saturated heterocycles. The molecule has 1 unspecified atom stereocenters. The van der Waals surface area contributed by atoms with Crippen LogP contribution >= 0.6 is 0 Å². The highest BCUT2D eigenvalue weighted by Crippen LogP contribution is 2.14. The molecule has 0 fully saturated rings. The van der Waals surface area contributed by atoms with Gasteiger partial charge in [-0.3, -0.25) is 0 Å². The maximum absolute atomic E-state index is 11.8. The Kier molecular flexibility index (Phi) is 4.25. The lowest BCUT2D eigenvalue weighted by Crippen LogP contribution is -2.13. The number of rotatable bonds is 5. The van der Waals surface area contributed by atoms with Gasteiger partial charge in [-0.15, -0.1) is 0 Å². The predicted molar refractivity (Wildman–Crippen MR) is 61.8 cm³/mol. The molecule has 6 heteroatoms. The van der Waals surface area contributed by atoms with Gasteiger partial charge in [-0.25, -0.2) is 13.2 Å². The molecule has 1 atom stereocenters. The van der Waals surface area contributed by atoms with Crippen molar-refractivity contribution in [1.29, 1.82) is 0 Å². The Morgan fingerprint density at radius 1 is 1.41 bits per heavy atom. The summed E-state index contributed by atoms with van der Waals surface area (Å²) in [5.74, 6) is -1.37. The van der Waals surface area contributed by atoms with Crippen LogP contribution < -0.4 is 0 Å². The second kappa shape index (κ2) is 5.29. The summed E-state index contributed by atoms with van der Waals surface area (Å²) in [6.45, 7) is 1.50. The van der Waals surface area contributed by atoms with Crippen LogP contribution in [-0.4, -0.2) is 36.5 Å². The molecule has 94 valence electrons. The maximum Gasteiger partial charge on any atom is 0.335 e. The van der Waals surface area contributed by atoms with Crippen LogP contribution in [0.15, 0.2) is 29.2 Å². The number of aliphatic hydroxyl groups excluding tert-OH is 1. The van der Waals surface area contributed by atoms with Crippen LogP contribution in [0, 0.1) is 0 Å². The topological polar surface area (TPSA) is 91.7 Å². The fraction of sp³-hybridized carbons (Fsp3) is 0.364. The first-order valence-corrected chi connectivity index (χ1v) is 6.72. The number of sulfone groups is 1. The molecular formula is C11H14O5S. The maximum atomic E-state index is 11.8. The Labute approximate surface area is 99.6 Å². The van der Waals surface area contributed by atoms with Gasteiger partial charge in [-0.2, -0.15) is 0 Å². The van der Waals surface area contributed by atoms with Gasteiger partial charge >= 0.3 is 5.97 Å². The van der Waals surface area contributed by atoms with Crippen molar-refractivity contribution in [2.75, 3.05) is 5.75 Å². The van der Waals surface area contributed by atoms with E-state index in [1.807, 2.05) is 0 Å². The van der Waals surface area contributed by atoms with Gasteiger partial charge in [-0.1, -0.05) is 6.07 Å². The second-order valence-corrected chi connectivity index (χ2v) is 5.90. The third-order valence-corrected chi connectivity index (χ3v) is 3.99. The number of hydrogen-bond donors (Lipinski definition) is 2. The van der Waals surface area contributed by atoms with E-state index in [0.717, 1.165) is 6.07 Å². The normalized spacial score (nSPS) is 13.3. The minimum Gasteiger partial charge on any atom is -0.478 e. The Hall–Kier alpha value is -1.40. The smallest absolute Gasteiger partial charge is 0.335 e. The zero-order valence-corrected chi connectivity index (χ0v) is 10.1. The summed E-state index contributed by atoms with van der Waals surface area (Å²) in [6.07, 6.45) is -0.577. The van der Waals surface area contributed by atoms with Crippen LogP contribution in [-0.2, 0) is 9.84 Å². The van der Waals surface area contributed by atoms with E-state index in [1.165, 1.54) is 25.1 Å². The van der Waals surface area contributed by atoms with E-state index in [1.54, 1.807) is 0 Å². The average molecular weight is 258 g/mol. The zero-order chi connectivity index (χ0) is 13.1. The van der Waals surface area contributed by atoms with Crippen molar-refractivity contribution in [2.45, 2.75) is 24.3 Å². The molecule has 0 radical (unpaired) electrons. The number of carboxylic acid groups (broad SMARTS) is 1. The Bertz CT molecular complexity index is 504. The van der Waals surface area contributed by atoms with Gasteiger partial charge in [0.15, 0.2) is 9.84 Å². The quantitative estimate of drug-likeness (QED) is 0.819. The molecule has 0 spiro atoms. The van der Waals surface area contributed by atoms with Crippen molar-refractivity contribution in [1.82, 2.24) is 0 Å². The van der Waals surface area contributed by atoms with E-state index in [2.05, 4.69) is 0 Å². The van der Waals surface area contributed by atoms with E-state index in [9.17, 15) is 13.2 Å². The number of carbonyl (C=O) groups is 1. The van der Waals surface area contributed by atoms with Crippen LogP contribution in [0.25, 0.3) is 0 Å². The van der Waals surface area contributed by atoms with E-state index in [4.69, 9.17) is 10.2 Å². The fourth-order valence-electron chi connectivity index (χ4n) is 1.27. The van der Waals surface area contributed by atoms with E-state index in [-0.39, 0.29) is 22.6 Å². The van der Waals surface area contributed by atoms with Gasteiger partial charge in [0.2, 0.25) is 0 Å². The highest BCUT2D eigenvalue weighted by Gasteiger charge is 2.16. The SMILES string of the molecule is CC(O)CCS(=O)(=O)c1cccc(C(=O)O)c1. The molecule has 0 bridgehead atoms. The van der Waals surface area contributed by atoms with Gasteiger partial charge in [-0.05, 0) is 31.5 Å². The molecule has 0 aliphatic carbocycles. The first-order chi connectivity index (χ1) is 7.83. The largest absolute Gasteiger partial charge is 0.478 e. The molecule has 0 heterocycles.